The number of thiol groups is 1. The summed E-state index contributed by atoms with van der Waals surface area (Å²) < 4.78 is 31.1. The fraction of sp³-hybridized carbons (Fsp3) is 0. The van der Waals surface area contributed by atoms with Crippen LogP contribution in [0.5, 0.6) is 0 Å². The zero-order valence-corrected chi connectivity index (χ0v) is 9.16. The Morgan fingerprint density at radius 2 is 2.00 bits per heavy atom. The van der Waals surface area contributed by atoms with Gasteiger partial charge in [0.1, 0.15) is 4.90 Å². The van der Waals surface area contributed by atoms with Crippen LogP contribution in [0.15, 0.2) is 40.3 Å². The van der Waals surface area contributed by atoms with Gasteiger partial charge >= 0.3 is 0 Å². The van der Waals surface area contributed by atoms with Gasteiger partial charge in [0.05, 0.1) is 5.52 Å². The Bertz CT molecular complexity index is 622. The van der Waals surface area contributed by atoms with E-state index in [0.717, 1.165) is 0 Å². The molecule has 0 bridgehead atoms. The zero-order valence-electron chi connectivity index (χ0n) is 7.45. The molecule has 1 N–H and O–H groups in total. The third-order valence-electron chi connectivity index (χ3n) is 1.99. The maximum atomic E-state index is 11.1. The monoisotopic (exact) mass is 241 g/mol. The average Bonchev–Trinajstić information content (AvgIpc) is 2.17. The summed E-state index contributed by atoms with van der Waals surface area (Å²) in [6.07, 6.45) is 1.54. The lowest BCUT2D eigenvalue weighted by Crippen LogP contribution is -1.99. The minimum absolute atomic E-state index is 0.150. The van der Waals surface area contributed by atoms with Gasteiger partial charge in [-0.1, -0.05) is 0 Å². The minimum Gasteiger partial charge on any atom is -0.282 e. The highest BCUT2D eigenvalue weighted by Gasteiger charge is 2.14. The molecule has 0 aliphatic rings. The Hall–Kier alpha value is -1.11. The van der Waals surface area contributed by atoms with Crippen LogP contribution in [0.1, 0.15) is 0 Å². The van der Waals surface area contributed by atoms with Gasteiger partial charge < -0.3 is 0 Å². The highest BCUT2D eigenvalue weighted by Crippen LogP contribution is 2.26. The fourth-order valence-electron chi connectivity index (χ4n) is 1.36. The lowest BCUT2D eigenvalue weighted by atomic mass is 10.2. The van der Waals surface area contributed by atoms with E-state index in [1.165, 1.54) is 18.3 Å². The van der Waals surface area contributed by atoms with Crippen molar-refractivity contribution in [3.05, 3.63) is 30.5 Å². The molecule has 6 heteroatoms. The Balaban J connectivity index is 2.96. The van der Waals surface area contributed by atoms with E-state index >= 15 is 0 Å². The molecule has 4 nitrogen and oxygen atoms in total. The summed E-state index contributed by atoms with van der Waals surface area (Å²) in [5, 5.41) is 0.368. The van der Waals surface area contributed by atoms with Crippen molar-refractivity contribution in [2.45, 2.75) is 9.79 Å². The van der Waals surface area contributed by atoms with E-state index < -0.39 is 10.1 Å². The van der Waals surface area contributed by atoms with E-state index in [1.54, 1.807) is 12.1 Å². The molecular weight excluding hydrogens is 234 g/mol. The highest BCUT2D eigenvalue weighted by atomic mass is 32.2. The van der Waals surface area contributed by atoms with Crippen LogP contribution in [-0.2, 0) is 10.1 Å². The van der Waals surface area contributed by atoms with E-state index in [-0.39, 0.29) is 4.90 Å². The van der Waals surface area contributed by atoms with E-state index in [9.17, 15) is 8.42 Å². The Morgan fingerprint density at radius 1 is 1.27 bits per heavy atom. The van der Waals surface area contributed by atoms with Gasteiger partial charge in [-0.15, -0.1) is 12.6 Å². The van der Waals surface area contributed by atoms with Crippen molar-refractivity contribution in [1.29, 1.82) is 0 Å². The first-order valence-electron chi connectivity index (χ1n) is 4.04. The summed E-state index contributed by atoms with van der Waals surface area (Å²) in [4.78, 5) is 4.42. The van der Waals surface area contributed by atoms with Crippen LogP contribution in [0.2, 0.25) is 0 Å². The summed E-state index contributed by atoms with van der Waals surface area (Å²) in [7, 11) is -4.22. The van der Waals surface area contributed by atoms with Gasteiger partial charge in [-0.3, -0.25) is 9.54 Å². The second kappa shape index (κ2) is 3.48. The predicted molar refractivity (Wildman–Crippen MR) is 58.8 cm³/mol. The van der Waals surface area contributed by atoms with Crippen LogP contribution in [-0.4, -0.2) is 18.0 Å². The van der Waals surface area contributed by atoms with Crippen molar-refractivity contribution in [2.75, 3.05) is 0 Å². The first-order chi connectivity index (χ1) is 7.00. The lowest BCUT2D eigenvalue weighted by molar-refractivity contribution is 0.484. The number of hydrogen-bond acceptors (Lipinski definition) is 4. The maximum Gasteiger partial charge on any atom is 0.295 e. The minimum atomic E-state index is -4.22. The molecule has 1 aromatic carbocycles. The van der Waals surface area contributed by atoms with Crippen LogP contribution in [0, 0.1) is 0 Å². The fourth-order valence-corrected chi connectivity index (χ4v) is 2.29. The SMILES string of the molecule is O=S(=O)(O)c1ccc(S)c2ncccc12. The lowest BCUT2D eigenvalue weighted by Gasteiger charge is -2.04. The summed E-state index contributed by atoms with van der Waals surface area (Å²) in [5.74, 6) is 0. The molecule has 0 spiro atoms. The molecule has 0 aliphatic heterocycles. The van der Waals surface area contributed by atoms with Gasteiger partial charge in [0.2, 0.25) is 0 Å². The molecule has 1 aromatic heterocycles. The largest absolute Gasteiger partial charge is 0.295 e. The number of aromatic nitrogens is 1. The van der Waals surface area contributed by atoms with E-state index in [1.807, 2.05) is 0 Å². The Labute approximate surface area is 92.1 Å². The number of fused-ring (bicyclic) bond motifs is 1. The smallest absolute Gasteiger partial charge is 0.282 e. The average molecular weight is 241 g/mol. The number of nitrogens with zero attached hydrogens (tertiary/aromatic N) is 1. The molecule has 0 atom stereocenters. The van der Waals surface area contributed by atoms with Crippen LogP contribution in [0.3, 0.4) is 0 Å². The second-order valence-electron chi connectivity index (χ2n) is 2.96. The number of hydrogen-bond donors (Lipinski definition) is 2. The quantitative estimate of drug-likeness (QED) is 0.590. The first-order valence-corrected chi connectivity index (χ1v) is 5.93. The van der Waals surface area contributed by atoms with Gasteiger partial charge in [-0.2, -0.15) is 8.42 Å². The second-order valence-corrected chi connectivity index (χ2v) is 4.83. The summed E-state index contributed by atoms with van der Waals surface area (Å²) in [5.41, 5.74) is 0.455. The van der Waals surface area contributed by atoms with Gasteiger partial charge in [0.15, 0.2) is 0 Å². The number of benzene rings is 1. The topological polar surface area (TPSA) is 67.3 Å². The summed E-state index contributed by atoms with van der Waals surface area (Å²) >= 11 is 4.15. The molecule has 0 saturated carbocycles. The molecule has 2 rings (SSSR count). The molecule has 1 heterocycles. The van der Waals surface area contributed by atoms with Crippen molar-refractivity contribution in [3.8, 4) is 0 Å². The molecule has 0 radical (unpaired) electrons. The van der Waals surface area contributed by atoms with Gasteiger partial charge in [0, 0.05) is 16.5 Å². The third-order valence-corrected chi connectivity index (χ3v) is 3.26. The molecule has 15 heavy (non-hydrogen) atoms. The van der Waals surface area contributed by atoms with E-state index in [2.05, 4.69) is 17.6 Å². The van der Waals surface area contributed by atoms with E-state index in [0.29, 0.717) is 15.8 Å². The molecule has 0 saturated heterocycles. The zero-order chi connectivity index (χ0) is 11.1. The van der Waals surface area contributed by atoms with Crippen molar-refractivity contribution in [2.24, 2.45) is 0 Å². The standard InChI is InChI=1S/C9H7NO3S2/c11-15(12,13)8-4-3-7(14)9-6(8)2-1-5-10-9/h1-5,14H,(H,11,12,13). The van der Waals surface area contributed by atoms with Gasteiger partial charge in [0.25, 0.3) is 10.1 Å². The van der Waals surface area contributed by atoms with Crippen LogP contribution >= 0.6 is 12.6 Å². The van der Waals surface area contributed by atoms with Crippen molar-refractivity contribution < 1.29 is 13.0 Å². The molecule has 78 valence electrons. The number of pyridine rings is 1. The molecule has 2 aromatic rings. The molecule has 0 fully saturated rings. The van der Waals surface area contributed by atoms with Crippen LogP contribution in [0.4, 0.5) is 0 Å². The molecule has 0 aliphatic carbocycles. The summed E-state index contributed by atoms with van der Waals surface area (Å²) in [6.45, 7) is 0. The maximum absolute atomic E-state index is 11.1. The predicted octanol–water partition coefficient (Wildman–Crippen LogP) is 1.77. The van der Waals surface area contributed by atoms with Crippen molar-refractivity contribution in [3.63, 3.8) is 0 Å². The van der Waals surface area contributed by atoms with Gasteiger partial charge in [-0.05, 0) is 24.3 Å². The first kappa shape index (κ1) is 10.4. The van der Waals surface area contributed by atoms with Crippen LogP contribution < -0.4 is 0 Å². The molecule has 0 amide bonds. The van der Waals surface area contributed by atoms with E-state index in [4.69, 9.17) is 4.55 Å². The third kappa shape index (κ3) is 1.83. The molecule has 0 unspecified atom stereocenters. The van der Waals surface area contributed by atoms with Crippen molar-refractivity contribution in [1.82, 2.24) is 4.98 Å². The summed E-state index contributed by atoms with van der Waals surface area (Å²) in [6, 6.07) is 5.97. The Morgan fingerprint density at radius 3 is 2.67 bits per heavy atom. The van der Waals surface area contributed by atoms with Crippen LogP contribution in [0.25, 0.3) is 10.9 Å². The Kier molecular flexibility index (Phi) is 2.41. The number of rotatable bonds is 1. The van der Waals surface area contributed by atoms with Crippen molar-refractivity contribution >= 4 is 33.6 Å². The molecular formula is C9H7NO3S2. The normalized spacial score (nSPS) is 11.9. The highest BCUT2D eigenvalue weighted by molar-refractivity contribution is 7.86. The van der Waals surface area contributed by atoms with Gasteiger partial charge in [-0.25, -0.2) is 0 Å².